The lowest BCUT2D eigenvalue weighted by Crippen LogP contribution is -2.18. The van der Waals surface area contributed by atoms with E-state index in [1.165, 1.54) is 0 Å². The van der Waals surface area contributed by atoms with Gasteiger partial charge >= 0.3 is 6.18 Å². The van der Waals surface area contributed by atoms with Crippen molar-refractivity contribution in [1.82, 2.24) is 9.97 Å². The summed E-state index contributed by atoms with van der Waals surface area (Å²) in [6, 6.07) is 0. The lowest BCUT2D eigenvalue weighted by atomic mass is 10.1. The van der Waals surface area contributed by atoms with Crippen LogP contribution in [-0.2, 0) is 17.6 Å². The van der Waals surface area contributed by atoms with Crippen molar-refractivity contribution in [2.45, 2.75) is 46.2 Å². The maximum atomic E-state index is 12.0. The van der Waals surface area contributed by atoms with E-state index in [1.807, 2.05) is 13.8 Å². The fourth-order valence-electron chi connectivity index (χ4n) is 1.93. The number of rotatable bonds is 8. The summed E-state index contributed by atoms with van der Waals surface area (Å²) in [4.78, 5) is 8.73. The fraction of sp³-hybridized carbons (Fsp3) is 0.714. The molecule has 0 saturated carbocycles. The van der Waals surface area contributed by atoms with Crippen LogP contribution in [-0.4, -0.2) is 35.9 Å². The molecule has 1 heterocycles. The Kier molecular flexibility index (Phi) is 6.87. The molecule has 1 aromatic heterocycles. The number of anilines is 1. The van der Waals surface area contributed by atoms with Gasteiger partial charge in [-0.05, 0) is 19.8 Å². The van der Waals surface area contributed by atoms with Gasteiger partial charge in [-0.1, -0.05) is 13.8 Å². The maximum Gasteiger partial charge on any atom is 0.411 e. The molecule has 120 valence electrons. The van der Waals surface area contributed by atoms with E-state index < -0.39 is 12.8 Å². The van der Waals surface area contributed by atoms with E-state index in [-0.39, 0.29) is 13.0 Å². The van der Waals surface area contributed by atoms with Crippen LogP contribution in [0.25, 0.3) is 0 Å². The number of ether oxygens (including phenoxy) is 1. The summed E-state index contributed by atoms with van der Waals surface area (Å²) in [6.07, 6.45) is -2.25. The molecule has 0 bridgehead atoms. The van der Waals surface area contributed by atoms with Crippen molar-refractivity contribution in [2.75, 3.05) is 25.1 Å². The third-order valence-corrected chi connectivity index (χ3v) is 2.89. The Labute approximate surface area is 123 Å². The Morgan fingerprint density at radius 1 is 1.19 bits per heavy atom. The Morgan fingerprint density at radius 2 is 1.90 bits per heavy atom. The van der Waals surface area contributed by atoms with Crippen molar-refractivity contribution >= 4 is 5.82 Å². The Balaban J connectivity index is 2.68. The van der Waals surface area contributed by atoms with Crippen molar-refractivity contribution in [2.24, 2.45) is 0 Å². The van der Waals surface area contributed by atoms with Crippen LogP contribution < -0.4 is 5.32 Å². The molecule has 0 aliphatic heterocycles. The lowest BCUT2D eigenvalue weighted by Gasteiger charge is -2.13. The molecule has 7 heteroatoms. The van der Waals surface area contributed by atoms with Gasteiger partial charge in [0.25, 0.3) is 0 Å². The molecule has 0 radical (unpaired) electrons. The second-order valence-corrected chi connectivity index (χ2v) is 4.75. The molecule has 1 rings (SSSR count). The molecule has 0 aliphatic rings. The van der Waals surface area contributed by atoms with Crippen molar-refractivity contribution < 1.29 is 17.9 Å². The number of halogens is 3. The van der Waals surface area contributed by atoms with Crippen LogP contribution in [0.1, 0.15) is 37.4 Å². The summed E-state index contributed by atoms with van der Waals surface area (Å²) in [5.74, 6) is 1.28. The molecule has 0 unspecified atom stereocenters. The Bertz CT molecular complexity index is 450. The summed E-state index contributed by atoms with van der Waals surface area (Å²) in [7, 11) is 0. The van der Waals surface area contributed by atoms with E-state index >= 15 is 0 Å². The molecular weight excluding hydrogens is 283 g/mol. The average Bonchev–Trinajstić information content (AvgIpc) is 2.40. The largest absolute Gasteiger partial charge is 0.411 e. The van der Waals surface area contributed by atoms with Gasteiger partial charge in [0.05, 0.1) is 6.61 Å². The number of alkyl halides is 3. The molecule has 0 amide bonds. The van der Waals surface area contributed by atoms with Crippen molar-refractivity contribution in [3.8, 4) is 0 Å². The highest BCUT2D eigenvalue weighted by molar-refractivity contribution is 5.46. The molecule has 4 nitrogen and oxygen atoms in total. The zero-order valence-corrected chi connectivity index (χ0v) is 12.7. The molecule has 0 aromatic carbocycles. The Hall–Kier alpha value is -1.37. The predicted octanol–water partition coefficient (Wildman–Crippen LogP) is 3.29. The number of hydrogen-bond acceptors (Lipinski definition) is 4. The molecule has 0 saturated heterocycles. The predicted molar refractivity (Wildman–Crippen MR) is 75.5 cm³/mol. The van der Waals surface area contributed by atoms with Crippen LogP contribution in [0.4, 0.5) is 19.0 Å². The summed E-state index contributed by atoms with van der Waals surface area (Å²) in [6.45, 7) is 5.48. The maximum absolute atomic E-state index is 12.0. The minimum Gasteiger partial charge on any atom is -0.372 e. The first kappa shape index (κ1) is 17.7. The molecule has 1 aromatic rings. The van der Waals surface area contributed by atoms with Crippen LogP contribution in [0.5, 0.6) is 0 Å². The van der Waals surface area contributed by atoms with Crippen molar-refractivity contribution in [3.63, 3.8) is 0 Å². The van der Waals surface area contributed by atoms with Gasteiger partial charge in [0.2, 0.25) is 0 Å². The van der Waals surface area contributed by atoms with E-state index in [9.17, 15) is 13.2 Å². The van der Waals surface area contributed by atoms with Crippen LogP contribution in [0, 0.1) is 6.92 Å². The first-order valence-electron chi connectivity index (χ1n) is 7.12. The van der Waals surface area contributed by atoms with E-state index in [1.54, 1.807) is 0 Å². The normalized spacial score (nSPS) is 11.7. The van der Waals surface area contributed by atoms with Gasteiger partial charge < -0.3 is 10.1 Å². The third-order valence-electron chi connectivity index (χ3n) is 2.89. The van der Waals surface area contributed by atoms with E-state index in [0.717, 1.165) is 36.5 Å². The van der Waals surface area contributed by atoms with Gasteiger partial charge in [-0.3, -0.25) is 0 Å². The number of hydrogen-bond donors (Lipinski definition) is 1. The van der Waals surface area contributed by atoms with Gasteiger partial charge in [0.15, 0.2) is 0 Å². The molecule has 0 fully saturated rings. The highest BCUT2D eigenvalue weighted by Gasteiger charge is 2.27. The second kappa shape index (κ2) is 8.17. The highest BCUT2D eigenvalue weighted by Crippen LogP contribution is 2.18. The summed E-state index contributed by atoms with van der Waals surface area (Å²) < 4.78 is 40.5. The van der Waals surface area contributed by atoms with Crippen LogP contribution in [0.3, 0.4) is 0 Å². The van der Waals surface area contributed by atoms with Crippen molar-refractivity contribution in [1.29, 1.82) is 0 Å². The Morgan fingerprint density at radius 3 is 2.48 bits per heavy atom. The van der Waals surface area contributed by atoms with E-state index in [4.69, 9.17) is 0 Å². The van der Waals surface area contributed by atoms with Gasteiger partial charge in [0.1, 0.15) is 18.2 Å². The molecule has 1 N–H and O–H groups in total. The van der Waals surface area contributed by atoms with Crippen LogP contribution in [0.2, 0.25) is 0 Å². The van der Waals surface area contributed by atoms with Crippen LogP contribution >= 0.6 is 0 Å². The standard InChI is InChI=1S/C14H22F3N3O/c1-4-7-18-13-11(5-2)10(3)19-12(20-13)6-8-21-9-14(15,16)17/h4-9H2,1-3H3,(H,18,19,20). The molecule has 0 aliphatic carbocycles. The zero-order valence-electron chi connectivity index (χ0n) is 12.7. The fourth-order valence-corrected chi connectivity index (χ4v) is 1.93. The lowest BCUT2D eigenvalue weighted by molar-refractivity contribution is -0.173. The number of aryl methyl sites for hydroxylation is 1. The first-order valence-corrected chi connectivity index (χ1v) is 7.12. The molecular formula is C14H22F3N3O. The minimum atomic E-state index is -4.29. The third kappa shape index (κ3) is 6.29. The number of aromatic nitrogens is 2. The first-order chi connectivity index (χ1) is 9.87. The van der Waals surface area contributed by atoms with Gasteiger partial charge in [-0.15, -0.1) is 0 Å². The SMILES string of the molecule is CCCNc1nc(CCOCC(F)(F)F)nc(C)c1CC. The number of nitrogens with zero attached hydrogens (tertiary/aromatic N) is 2. The van der Waals surface area contributed by atoms with Crippen LogP contribution in [0.15, 0.2) is 0 Å². The van der Waals surface area contributed by atoms with Gasteiger partial charge in [-0.25, -0.2) is 9.97 Å². The smallest absolute Gasteiger partial charge is 0.372 e. The second-order valence-electron chi connectivity index (χ2n) is 4.75. The van der Waals surface area contributed by atoms with E-state index in [0.29, 0.717) is 5.82 Å². The molecule has 21 heavy (non-hydrogen) atoms. The minimum absolute atomic E-state index is 0.0440. The summed E-state index contributed by atoms with van der Waals surface area (Å²) in [5.41, 5.74) is 1.90. The van der Waals surface area contributed by atoms with E-state index in [2.05, 4.69) is 26.9 Å². The molecule has 0 spiro atoms. The highest BCUT2D eigenvalue weighted by atomic mass is 19.4. The number of nitrogens with one attached hydrogen (secondary N) is 1. The van der Waals surface area contributed by atoms with Crippen molar-refractivity contribution in [3.05, 3.63) is 17.1 Å². The monoisotopic (exact) mass is 305 g/mol. The topological polar surface area (TPSA) is 47.0 Å². The quantitative estimate of drug-likeness (QED) is 0.749. The van der Waals surface area contributed by atoms with Gasteiger partial charge in [0, 0.05) is 24.2 Å². The van der Waals surface area contributed by atoms with Gasteiger partial charge in [-0.2, -0.15) is 13.2 Å². The zero-order chi connectivity index (χ0) is 15.9. The summed E-state index contributed by atoms with van der Waals surface area (Å²) in [5, 5.41) is 3.24. The summed E-state index contributed by atoms with van der Waals surface area (Å²) >= 11 is 0. The molecule has 0 atom stereocenters. The average molecular weight is 305 g/mol.